The Morgan fingerprint density at radius 1 is 1.31 bits per heavy atom. The number of rotatable bonds is 4. The van der Waals surface area contributed by atoms with Crippen molar-refractivity contribution in [2.45, 2.75) is 19.3 Å². The van der Waals surface area contributed by atoms with Gasteiger partial charge in [0.15, 0.2) is 0 Å². The van der Waals surface area contributed by atoms with Crippen LogP contribution in [0.25, 0.3) is 0 Å². The van der Waals surface area contributed by atoms with E-state index in [1.54, 1.807) is 29.3 Å². The van der Waals surface area contributed by atoms with Crippen molar-refractivity contribution in [1.82, 2.24) is 10.2 Å². The molecule has 2 aliphatic heterocycles. The first kappa shape index (κ1) is 18.3. The van der Waals surface area contributed by atoms with Crippen LogP contribution < -0.4 is 5.32 Å². The van der Waals surface area contributed by atoms with E-state index in [1.165, 1.54) is 18.2 Å². The molecule has 8 heteroatoms. The second-order valence-corrected chi connectivity index (χ2v) is 8.65. The summed E-state index contributed by atoms with van der Waals surface area (Å²) in [5.74, 6) is -0.396. The van der Waals surface area contributed by atoms with Gasteiger partial charge in [-0.1, -0.05) is 32.0 Å². The number of hydrogen-bond acceptors (Lipinski definition) is 4. The van der Waals surface area contributed by atoms with Crippen molar-refractivity contribution in [3.05, 3.63) is 59.6 Å². The van der Waals surface area contributed by atoms with Crippen LogP contribution in [0.5, 0.6) is 0 Å². The van der Waals surface area contributed by atoms with Gasteiger partial charge in [0.2, 0.25) is 0 Å². The number of nitrogens with one attached hydrogen (secondary N) is 1. The van der Waals surface area contributed by atoms with Crippen molar-refractivity contribution in [2.75, 3.05) is 18.8 Å². The molecule has 1 aromatic rings. The largest absolute Gasteiger partial charge is 0.351 e. The topological polar surface area (TPSA) is 78.8 Å². The molecule has 0 bridgehead atoms. The van der Waals surface area contributed by atoms with Crippen molar-refractivity contribution in [3.63, 3.8) is 0 Å². The minimum atomic E-state index is -3.43. The monoisotopic (exact) mass is 377 g/mol. The van der Waals surface area contributed by atoms with E-state index >= 15 is 0 Å². The van der Waals surface area contributed by atoms with Crippen molar-refractivity contribution < 1.29 is 17.6 Å². The first-order valence-corrected chi connectivity index (χ1v) is 9.81. The number of amidine groups is 1. The molecule has 3 rings (SSSR count). The van der Waals surface area contributed by atoms with E-state index in [2.05, 4.69) is 9.71 Å². The SMILES string of the molecule is CC(C)(CNC(=O)C1=CN2CCS(=O)(=O)N=C2C=C1)c1ccccc1F. The van der Waals surface area contributed by atoms with E-state index in [1.807, 2.05) is 13.8 Å². The molecular formula is C18H20FN3O3S. The van der Waals surface area contributed by atoms with Crippen molar-refractivity contribution in [1.29, 1.82) is 0 Å². The highest BCUT2D eigenvalue weighted by atomic mass is 32.2. The fourth-order valence-electron chi connectivity index (χ4n) is 2.84. The molecule has 0 radical (unpaired) electrons. The van der Waals surface area contributed by atoms with Gasteiger partial charge in [-0.3, -0.25) is 4.79 Å². The second-order valence-electron chi connectivity index (χ2n) is 6.89. The predicted octanol–water partition coefficient (Wildman–Crippen LogP) is 1.72. The average Bonchev–Trinajstić information content (AvgIpc) is 2.59. The van der Waals surface area contributed by atoms with E-state index in [-0.39, 0.29) is 30.6 Å². The summed E-state index contributed by atoms with van der Waals surface area (Å²) in [6, 6.07) is 6.50. The molecule has 0 saturated carbocycles. The Kier molecular flexibility index (Phi) is 4.70. The Balaban J connectivity index is 1.69. The van der Waals surface area contributed by atoms with Gasteiger partial charge in [-0.15, -0.1) is 4.40 Å². The maximum atomic E-state index is 14.0. The zero-order valence-electron chi connectivity index (χ0n) is 14.6. The van der Waals surface area contributed by atoms with Gasteiger partial charge in [0.1, 0.15) is 11.7 Å². The lowest BCUT2D eigenvalue weighted by atomic mass is 9.84. The fraction of sp³-hybridized carbons (Fsp3) is 0.333. The zero-order chi connectivity index (χ0) is 18.9. The summed E-state index contributed by atoms with van der Waals surface area (Å²) in [7, 11) is -3.43. The molecule has 0 fully saturated rings. The molecule has 0 unspecified atom stereocenters. The molecule has 0 saturated heterocycles. The quantitative estimate of drug-likeness (QED) is 0.867. The van der Waals surface area contributed by atoms with Crippen LogP contribution in [0, 0.1) is 5.82 Å². The van der Waals surface area contributed by atoms with Gasteiger partial charge < -0.3 is 10.2 Å². The van der Waals surface area contributed by atoms with E-state index < -0.39 is 15.4 Å². The molecule has 0 spiro atoms. The van der Waals surface area contributed by atoms with Crippen molar-refractivity contribution in [3.8, 4) is 0 Å². The smallest absolute Gasteiger partial charge is 0.256 e. The minimum Gasteiger partial charge on any atom is -0.351 e. The van der Waals surface area contributed by atoms with Gasteiger partial charge in [-0.2, -0.15) is 0 Å². The molecular weight excluding hydrogens is 357 g/mol. The Morgan fingerprint density at radius 3 is 2.77 bits per heavy atom. The van der Waals surface area contributed by atoms with Crippen LogP contribution in [0.4, 0.5) is 4.39 Å². The lowest BCUT2D eigenvalue weighted by Gasteiger charge is -2.28. The highest BCUT2D eigenvalue weighted by Crippen LogP contribution is 2.25. The van der Waals surface area contributed by atoms with Crippen LogP contribution in [0.1, 0.15) is 19.4 Å². The van der Waals surface area contributed by atoms with Crippen molar-refractivity contribution in [2.24, 2.45) is 4.40 Å². The summed E-state index contributed by atoms with van der Waals surface area (Å²) in [6.07, 6.45) is 4.62. The van der Waals surface area contributed by atoms with E-state index in [0.717, 1.165) is 0 Å². The lowest BCUT2D eigenvalue weighted by Crippen LogP contribution is -2.40. The molecule has 2 aliphatic rings. The van der Waals surface area contributed by atoms with Gasteiger partial charge >= 0.3 is 0 Å². The van der Waals surface area contributed by atoms with Crippen molar-refractivity contribution >= 4 is 21.8 Å². The number of carbonyl (C=O) groups excluding carboxylic acids is 1. The van der Waals surface area contributed by atoms with E-state index in [9.17, 15) is 17.6 Å². The summed E-state index contributed by atoms with van der Waals surface area (Å²) in [5.41, 5.74) is 0.350. The van der Waals surface area contributed by atoms with Gasteiger partial charge in [0, 0.05) is 24.7 Å². The molecule has 26 heavy (non-hydrogen) atoms. The Bertz CT molecular complexity index is 933. The maximum Gasteiger partial charge on any atom is 0.256 e. The summed E-state index contributed by atoms with van der Waals surface area (Å²) in [6.45, 7) is 4.23. The van der Waals surface area contributed by atoms with Crippen LogP contribution in [0.2, 0.25) is 0 Å². The normalized spacial score (nSPS) is 18.7. The van der Waals surface area contributed by atoms with Crippen LogP contribution >= 0.6 is 0 Å². The number of benzene rings is 1. The van der Waals surface area contributed by atoms with Crippen LogP contribution in [0.15, 0.2) is 52.6 Å². The molecule has 1 amide bonds. The zero-order valence-corrected chi connectivity index (χ0v) is 15.4. The minimum absolute atomic E-state index is 0.0872. The molecule has 138 valence electrons. The predicted molar refractivity (Wildman–Crippen MR) is 97.6 cm³/mol. The first-order chi connectivity index (χ1) is 12.2. The van der Waals surface area contributed by atoms with E-state index in [0.29, 0.717) is 17.0 Å². The van der Waals surface area contributed by atoms with E-state index in [4.69, 9.17) is 0 Å². The maximum absolute atomic E-state index is 14.0. The Labute approximate surface area is 152 Å². The second kappa shape index (κ2) is 6.68. The van der Waals surface area contributed by atoms with Gasteiger partial charge in [-0.25, -0.2) is 12.8 Å². The summed E-state index contributed by atoms with van der Waals surface area (Å²) >= 11 is 0. The van der Waals surface area contributed by atoms with Crippen LogP contribution in [0.3, 0.4) is 0 Å². The summed E-state index contributed by atoms with van der Waals surface area (Å²) in [5, 5.41) is 2.82. The molecule has 2 heterocycles. The summed E-state index contributed by atoms with van der Waals surface area (Å²) < 4.78 is 40.7. The van der Waals surface area contributed by atoms with Crippen LogP contribution in [-0.4, -0.2) is 43.9 Å². The fourth-order valence-corrected chi connectivity index (χ4v) is 3.81. The third-order valence-electron chi connectivity index (χ3n) is 4.38. The number of halogens is 1. The van der Waals surface area contributed by atoms with Gasteiger partial charge in [0.25, 0.3) is 15.9 Å². The highest BCUT2D eigenvalue weighted by molar-refractivity contribution is 7.90. The lowest BCUT2D eigenvalue weighted by molar-refractivity contribution is -0.117. The molecule has 6 nitrogen and oxygen atoms in total. The molecule has 0 aliphatic carbocycles. The third kappa shape index (κ3) is 3.85. The third-order valence-corrected chi connectivity index (χ3v) is 5.54. The molecule has 0 atom stereocenters. The Hall–Kier alpha value is -2.48. The van der Waals surface area contributed by atoms with Gasteiger partial charge in [0.05, 0.1) is 11.3 Å². The first-order valence-electron chi connectivity index (χ1n) is 8.20. The van der Waals surface area contributed by atoms with Gasteiger partial charge in [-0.05, 0) is 23.8 Å². The molecule has 1 aromatic carbocycles. The Morgan fingerprint density at radius 2 is 2.04 bits per heavy atom. The van der Waals surface area contributed by atoms with Crippen LogP contribution in [-0.2, 0) is 20.2 Å². The summed E-state index contributed by atoms with van der Waals surface area (Å²) in [4.78, 5) is 14.1. The standard InChI is InChI=1S/C18H20FN3O3S/c1-18(2,14-5-3-4-6-15(14)19)12-20-17(23)13-7-8-16-21-26(24,25)10-9-22(16)11-13/h3-8,11H,9-10,12H2,1-2H3,(H,20,23). The number of amides is 1. The highest BCUT2D eigenvalue weighted by Gasteiger charge is 2.27. The molecule has 1 N–H and O–H groups in total. The number of carbonyl (C=O) groups is 1. The number of nitrogens with zero attached hydrogens (tertiary/aromatic N) is 2. The average molecular weight is 377 g/mol. The molecule has 0 aromatic heterocycles. The number of hydrogen-bond donors (Lipinski definition) is 1. The number of fused-ring (bicyclic) bond motifs is 1. The number of sulfonamides is 1.